The van der Waals surface area contributed by atoms with Crippen molar-refractivity contribution in [2.24, 2.45) is 5.10 Å². The Bertz CT molecular complexity index is 744. The Morgan fingerprint density at radius 1 is 1.00 bits per heavy atom. The number of nitrogens with one attached hydrogen (secondary N) is 2. The quantitative estimate of drug-likeness (QED) is 0.618. The third kappa shape index (κ3) is 4.80. The van der Waals surface area contributed by atoms with Crippen LogP contribution in [-0.4, -0.2) is 27.1 Å². The molecule has 0 aliphatic rings. The lowest BCUT2D eigenvalue weighted by molar-refractivity contribution is -0.119. The molecular formula is C15H15N3O3S. The molecule has 0 fully saturated rings. The number of hydrazone groups is 1. The zero-order valence-corrected chi connectivity index (χ0v) is 12.5. The van der Waals surface area contributed by atoms with Crippen LogP contribution in [0.4, 0.5) is 0 Å². The van der Waals surface area contributed by atoms with E-state index in [1.807, 2.05) is 30.3 Å². The summed E-state index contributed by atoms with van der Waals surface area (Å²) >= 11 is 0. The van der Waals surface area contributed by atoms with E-state index in [1.165, 1.54) is 18.3 Å². The summed E-state index contributed by atoms with van der Waals surface area (Å²) in [5.41, 5.74) is 3.09. The molecule has 2 N–H and O–H groups in total. The van der Waals surface area contributed by atoms with E-state index in [2.05, 4.69) is 15.2 Å². The highest BCUT2D eigenvalue weighted by Gasteiger charge is 2.14. The van der Waals surface area contributed by atoms with Gasteiger partial charge in [-0.1, -0.05) is 48.5 Å². The van der Waals surface area contributed by atoms with Crippen LogP contribution in [-0.2, 0) is 14.8 Å². The molecule has 22 heavy (non-hydrogen) atoms. The van der Waals surface area contributed by atoms with Crippen molar-refractivity contribution in [3.05, 3.63) is 66.2 Å². The third-order valence-electron chi connectivity index (χ3n) is 2.68. The van der Waals surface area contributed by atoms with Crippen molar-refractivity contribution >= 4 is 22.1 Å². The maximum atomic E-state index is 11.9. The van der Waals surface area contributed by atoms with Gasteiger partial charge in [-0.25, -0.2) is 18.6 Å². The number of carbonyl (C=O) groups is 1. The van der Waals surface area contributed by atoms with Crippen LogP contribution in [0.1, 0.15) is 5.56 Å². The molecule has 114 valence electrons. The minimum Gasteiger partial charge on any atom is -0.272 e. The predicted octanol–water partition coefficient (Wildman–Crippen LogP) is 1.12. The van der Waals surface area contributed by atoms with Gasteiger partial charge in [0.25, 0.3) is 5.91 Å². The fraction of sp³-hybridized carbons (Fsp3) is 0.0667. The van der Waals surface area contributed by atoms with Gasteiger partial charge in [-0.15, -0.1) is 0 Å². The molecule has 0 unspecified atom stereocenters. The van der Waals surface area contributed by atoms with Gasteiger partial charge in [0.05, 0.1) is 17.7 Å². The van der Waals surface area contributed by atoms with E-state index in [0.29, 0.717) is 0 Å². The van der Waals surface area contributed by atoms with E-state index in [9.17, 15) is 13.2 Å². The number of rotatable bonds is 6. The highest BCUT2D eigenvalue weighted by molar-refractivity contribution is 7.89. The van der Waals surface area contributed by atoms with Crippen LogP contribution in [0.2, 0.25) is 0 Å². The molecule has 6 nitrogen and oxygen atoms in total. The standard InChI is InChI=1S/C15H15N3O3S/c19-15(18-16-11-13-7-3-1-4-8-13)12-17-22(20,21)14-9-5-2-6-10-14/h1-11,17H,12H2,(H,18,19)/b16-11+. The highest BCUT2D eigenvalue weighted by Crippen LogP contribution is 2.06. The number of carbonyl (C=O) groups excluding carboxylic acids is 1. The first kappa shape index (κ1) is 15.9. The van der Waals surface area contributed by atoms with Gasteiger partial charge in [0.1, 0.15) is 0 Å². The number of amides is 1. The van der Waals surface area contributed by atoms with Crippen LogP contribution in [0.25, 0.3) is 0 Å². The molecule has 2 rings (SSSR count). The Morgan fingerprint density at radius 3 is 2.23 bits per heavy atom. The van der Waals surface area contributed by atoms with Crippen LogP contribution in [0.3, 0.4) is 0 Å². The van der Waals surface area contributed by atoms with Crippen molar-refractivity contribution in [1.29, 1.82) is 0 Å². The number of nitrogens with zero attached hydrogens (tertiary/aromatic N) is 1. The largest absolute Gasteiger partial charge is 0.272 e. The molecule has 0 aromatic heterocycles. The Hall–Kier alpha value is -2.51. The minimum atomic E-state index is -3.70. The number of sulfonamides is 1. The lowest BCUT2D eigenvalue weighted by atomic mass is 10.2. The maximum absolute atomic E-state index is 11.9. The summed E-state index contributed by atoms with van der Waals surface area (Å²) in [5.74, 6) is -0.549. The van der Waals surface area contributed by atoms with Gasteiger partial charge in [0.15, 0.2) is 0 Å². The van der Waals surface area contributed by atoms with Crippen LogP contribution >= 0.6 is 0 Å². The van der Waals surface area contributed by atoms with Crippen LogP contribution in [0, 0.1) is 0 Å². The van der Waals surface area contributed by atoms with Gasteiger partial charge in [-0.2, -0.15) is 5.10 Å². The SMILES string of the molecule is O=C(CNS(=O)(=O)c1ccccc1)N/N=C/c1ccccc1. The van der Waals surface area contributed by atoms with Crippen molar-refractivity contribution in [3.8, 4) is 0 Å². The molecule has 1 amide bonds. The maximum Gasteiger partial charge on any atom is 0.255 e. The van der Waals surface area contributed by atoms with Gasteiger partial charge < -0.3 is 0 Å². The smallest absolute Gasteiger partial charge is 0.255 e. The monoisotopic (exact) mass is 317 g/mol. The molecule has 0 radical (unpaired) electrons. The molecule has 0 saturated carbocycles. The normalized spacial score (nSPS) is 11.5. The summed E-state index contributed by atoms with van der Waals surface area (Å²) in [5, 5.41) is 3.76. The summed E-state index contributed by atoms with van der Waals surface area (Å²) in [7, 11) is -3.70. The zero-order valence-electron chi connectivity index (χ0n) is 11.6. The van der Waals surface area contributed by atoms with Crippen molar-refractivity contribution in [3.63, 3.8) is 0 Å². The Morgan fingerprint density at radius 2 is 1.59 bits per heavy atom. The van der Waals surface area contributed by atoms with Crippen LogP contribution < -0.4 is 10.1 Å². The summed E-state index contributed by atoms with van der Waals surface area (Å²) < 4.78 is 26.0. The second kappa shape index (κ2) is 7.48. The van der Waals surface area contributed by atoms with E-state index in [-0.39, 0.29) is 11.4 Å². The molecule has 7 heteroatoms. The fourth-order valence-electron chi connectivity index (χ4n) is 1.60. The van der Waals surface area contributed by atoms with Crippen molar-refractivity contribution < 1.29 is 13.2 Å². The van der Waals surface area contributed by atoms with Crippen molar-refractivity contribution in [2.45, 2.75) is 4.90 Å². The highest BCUT2D eigenvalue weighted by atomic mass is 32.2. The minimum absolute atomic E-state index is 0.107. The van der Waals surface area contributed by atoms with E-state index in [1.54, 1.807) is 18.2 Å². The molecule has 0 saturated heterocycles. The van der Waals surface area contributed by atoms with Gasteiger partial charge >= 0.3 is 0 Å². The zero-order chi connectivity index (χ0) is 15.8. The molecule has 0 aliphatic carbocycles. The Labute approximate surface area is 128 Å². The molecule has 0 heterocycles. The second-order valence-corrected chi connectivity index (χ2v) is 6.11. The first-order chi connectivity index (χ1) is 10.6. The molecule has 0 aliphatic heterocycles. The van der Waals surface area contributed by atoms with Gasteiger partial charge in [0, 0.05) is 0 Å². The molecule has 0 bridgehead atoms. The Kier molecular flexibility index (Phi) is 5.40. The number of benzene rings is 2. The van der Waals surface area contributed by atoms with E-state index in [0.717, 1.165) is 5.56 Å². The van der Waals surface area contributed by atoms with Crippen molar-refractivity contribution in [1.82, 2.24) is 10.1 Å². The number of hydrogen-bond donors (Lipinski definition) is 2. The van der Waals surface area contributed by atoms with E-state index < -0.39 is 15.9 Å². The first-order valence-electron chi connectivity index (χ1n) is 6.49. The molecule has 0 atom stereocenters. The third-order valence-corrected chi connectivity index (χ3v) is 4.10. The average Bonchev–Trinajstić information content (AvgIpc) is 2.55. The summed E-state index contributed by atoms with van der Waals surface area (Å²) in [6, 6.07) is 17.0. The first-order valence-corrected chi connectivity index (χ1v) is 7.98. The van der Waals surface area contributed by atoms with Crippen LogP contribution in [0.5, 0.6) is 0 Å². The summed E-state index contributed by atoms with van der Waals surface area (Å²) in [6.45, 7) is -0.386. The lowest BCUT2D eigenvalue weighted by Gasteiger charge is -2.05. The second-order valence-electron chi connectivity index (χ2n) is 4.34. The Balaban J connectivity index is 1.84. The molecule has 2 aromatic carbocycles. The number of hydrogen-bond acceptors (Lipinski definition) is 4. The average molecular weight is 317 g/mol. The van der Waals surface area contributed by atoms with Gasteiger partial charge in [-0.3, -0.25) is 4.79 Å². The molecule has 2 aromatic rings. The molecule has 0 spiro atoms. The van der Waals surface area contributed by atoms with Crippen molar-refractivity contribution in [2.75, 3.05) is 6.54 Å². The lowest BCUT2D eigenvalue weighted by Crippen LogP contribution is -2.34. The van der Waals surface area contributed by atoms with Gasteiger partial charge in [-0.05, 0) is 17.7 Å². The fourth-order valence-corrected chi connectivity index (χ4v) is 2.60. The topological polar surface area (TPSA) is 87.6 Å². The summed E-state index contributed by atoms with van der Waals surface area (Å²) in [6.07, 6.45) is 1.48. The molecular weight excluding hydrogens is 302 g/mol. The van der Waals surface area contributed by atoms with Crippen LogP contribution in [0.15, 0.2) is 70.7 Å². The van der Waals surface area contributed by atoms with E-state index >= 15 is 0 Å². The predicted molar refractivity (Wildman–Crippen MR) is 83.8 cm³/mol. The summed E-state index contributed by atoms with van der Waals surface area (Å²) in [4.78, 5) is 11.7. The van der Waals surface area contributed by atoms with E-state index in [4.69, 9.17) is 0 Å². The van der Waals surface area contributed by atoms with Gasteiger partial charge in [0.2, 0.25) is 10.0 Å².